The Morgan fingerprint density at radius 2 is 2.04 bits per heavy atom. The van der Waals surface area contributed by atoms with Crippen LogP contribution in [-0.4, -0.2) is 17.2 Å². The second-order valence-electron chi connectivity index (χ2n) is 5.45. The normalized spacial score (nSPS) is 10.8. The third-order valence-corrected chi connectivity index (χ3v) is 3.82. The van der Waals surface area contributed by atoms with Crippen LogP contribution >= 0.6 is 15.9 Å². The molecule has 1 heterocycles. The number of aromatic nitrogens is 1. The minimum absolute atomic E-state index is 0.392. The van der Waals surface area contributed by atoms with Gasteiger partial charge in [0.15, 0.2) is 0 Å². The molecule has 0 N–H and O–H groups in total. The van der Waals surface area contributed by atoms with Crippen molar-refractivity contribution in [3.05, 3.63) is 88.2 Å². The van der Waals surface area contributed by atoms with E-state index >= 15 is 0 Å². The van der Waals surface area contributed by atoms with E-state index in [1.54, 1.807) is 42.9 Å². The molecule has 0 aliphatic carbocycles. The van der Waals surface area contributed by atoms with Crippen LogP contribution in [0.5, 0.6) is 5.75 Å². The predicted octanol–water partition coefficient (Wildman–Crippen LogP) is 5.12. The first kappa shape index (κ1) is 17.0. The molecule has 3 rings (SSSR count). The molecule has 2 aromatic carbocycles. The molecule has 3 aromatic rings. The summed E-state index contributed by atoms with van der Waals surface area (Å²) in [5.41, 5.74) is 3.09. The maximum atomic E-state index is 12.3. The first-order chi connectivity index (χ1) is 12.1. The summed E-state index contributed by atoms with van der Waals surface area (Å²) < 4.78 is 6.29. The Bertz CT molecular complexity index is 924. The van der Waals surface area contributed by atoms with Crippen molar-refractivity contribution in [2.45, 2.75) is 6.92 Å². The van der Waals surface area contributed by atoms with E-state index in [0.717, 1.165) is 21.3 Å². The van der Waals surface area contributed by atoms with E-state index in [4.69, 9.17) is 4.74 Å². The van der Waals surface area contributed by atoms with Gasteiger partial charge in [0.1, 0.15) is 5.75 Å². The van der Waals surface area contributed by atoms with E-state index in [1.807, 2.05) is 37.3 Å². The molecule has 0 saturated heterocycles. The van der Waals surface area contributed by atoms with Gasteiger partial charge in [-0.15, -0.1) is 0 Å². The Labute approximate surface area is 154 Å². The molecule has 0 bridgehead atoms. The lowest BCUT2D eigenvalue weighted by Crippen LogP contribution is -2.08. The molecule has 4 nitrogen and oxygen atoms in total. The van der Waals surface area contributed by atoms with E-state index in [9.17, 15) is 4.79 Å². The predicted molar refractivity (Wildman–Crippen MR) is 102 cm³/mol. The summed E-state index contributed by atoms with van der Waals surface area (Å²) in [6, 6.07) is 16.4. The third-order valence-electron chi connectivity index (χ3n) is 3.37. The van der Waals surface area contributed by atoms with Gasteiger partial charge in [-0.05, 0) is 55.0 Å². The van der Waals surface area contributed by atoms with Crippen molar-refractivity contribution in [1.82, 2.24) is 4.98 Å². The topological polar surface area (TPSA) is 51.5 Å². The van der Waals surface area contributed by atoms with Crippen molar-refractivity contribution < 1.29 is 9.53 Å². The van der Waals surface area contributed by atoms with Gasteiger partial charge in [0.2, 0.25) is 0 Å². The number of benzene rings is 2. The van der Waals surface area contributed by atoms with Crippen LogP contribution in [0.1, 0.15) is 21.5 Å². The summed E-state index contributed by atoms with van der Waals surface area (Å²) >= 11 is 3.43. The number of aliphatic imine (C=N–C) groups is 1. The zero-order valence-electron chi connectivity index (χ0n) is 13.5. The van der Waals surface area contributed by atoms with Gasteiger partial charge in [-0.1, -0.05) is 33.6 Å². The van der Waals surface area contributed by atoms with Gasteiger partial charge in [-0.3, -0.25) is 9.98 Å². The maximum Gasteiger partial charge on any atom is 0.343 e. The van der Waals surface area contributed by atoms with Gasteiger partial charge < -0.3 is 4.74 Å². The molecule has 0 atom stereocenters. The standard InChI is InChI=1S/C20H15BrN2O2/c1-14-4-2-5-16(8-14)20(24)25-19-10-15(9-17(21)11-19)12-23-18-6-3-7-22-13-18/h2-13H,1H3. The Morgan fingerprint density at radius 1 is 1.16 bits per heavy atom. The number of carbonyl (C=O) groups is 1. The van der Waals surface area contributed by atoms with Crippen molar-refractivity contribution in [3.8, 4) is 5.75 Å². The van der Waals surface area contributed by atoms with Crippen LogP contribution in [0.15, 0.2) is 76.5 Å². The average molecular weight is 395 g/mol. The monoisotopic (exact) mass is 394 g/mol. The van der Waals surface area contributed by atoms with Crippen molar-refractivity contribution >= 4 is 33.8 Å². The molecule has 25 heavy (non-hydrogen) atoms. The van der Waals surface area contributed by atoms with Gasteiger partial charge in [0.25, 0.3) is 0 Å². The summed E-state index contributed by atoms with van der Waals surface area (Å²) in [6.45, 7) is 1.93. The highest BCUT2D eigenvalue weighted by Gasteiger charge is 2.09. The maximum absolute atomic E-state index is 12.3. The lowest BCUT2D eigenvalue weighted by atomic mass is 10.1. The number of aryl methyl sites for hydroxylation is 1. The quantitative estimate of drug-likeness (QED) is 0.350. The molecule has 124 valence electrons. The molecule has 0 unspecified atom stereocenters. The first-order valence-corrected chi connectivity index (χ1v) is 8.43. The number of carbonyl (C=O) groups excluding carboxylic acids is 1. The SMILES string of the molecule is Cc1cccc(C(=O)Oc2cc(Br)cc(C=Nc3cccnc3)c2)c1. The first-order valence-electron chi connectivity index (χ1n) is 7.64. The fourth-order valence-electron chi connectivity index (χ4n) is 2.24. The van der Waals surface area contributed by atoms with Crippen LogP contribution in [0.3, 0.4) is 0 Å². The Kier molecular flexibility index (Phi) is 5.36. The number of hydrogen-bond donors (Lipinski definition) is 0. The van der Waals surface area contributed by atoms with Gasteiger partial charge in [0.05, 0.1) is 17.4 Å². The van der Waals surface area contributed by atoms with Crippen LogP contribution in [0.4, 0.5) is 5.69 Å². The number of nitrogens with zero attached hydrogens (tertiary/aromatic N) is 2. The molecule has 1 aromatic heterocycles. The highest BCUT2D eigenvalue weighted by atomic mass is 79.9. The summed E-state index contributed by atoms with van der Waals surface area (Å²) in [4.78, 5) is 20.7. The smallest absolute Gasteiger partial charge is 0.343 e. The molecule has 0 amide bonds. The average Bonchev–Trinajstić information content (AvgIpc) is 2.60. The van der Waals surface area contributed by atoms with Crippen molar-refractivity contribution in [1.29, 1.82) is 0 Å². The van der Waals surface area contributed by atoms with Crippen LogP contribution in [0.25, 0.3) is 0 Å². The Hall–Kier alpha value is -2.79. The molecule has 0 aliphatic heterocycles. The van der Waals surface area contributed by atoms with E-state index in [-0.39, 0.29) is 0 Å². The van der Waals surface area contributed by atoms with Gasteiger partial charge in [0, 0.05) is 16.9 Å². The second-order valence-corrected chi connectivity index (χ2v) is 6.36. The van der Waals surface area contributed by atoms with E-state index in [1.165, 1.54) is 0 Å². The highest BCUT2D eigenvalue weighted by Crippen LogP contribution is 2.22. The van der Waals surface area contributed by atoms with Crippen LogP contribution in [0.2, 0.25) is 0 Å². The molecule has 5 heteroatoms. The van der Waals surface area contributed by atoms with Gasteiger partial charge in [-0.2, -0.15) is 0 Å². The zero-order valence-corrected chi connectivity index (χ0v) is 15.1. The van der Waals surface area contributed by atoms with Crippen LogP contribution in [0, 0.1) is 6.92 Å². The van der Waals surface area contributed by atoms with Crippen molar-refractivity contribution in [3.63, 3.8) is 0 Å². The summed E-state index contributed by atoms with van der Waals surface area (Å²) in [5, 5.41) is 0. The lowest BCUT2D eigenvalue weighted by Gasteiger charge is -2.07. The van der Waals surface area contributed by atoms with Crippen molar-refractivity contribution in [2.75, 3.05) is 0 Å². The molecular weight excluding hydrogens is 380 g/mol. The number of pyridine rings is 1. The van der Waals surface area contributed by atoms with Crippen molar-refractivity contribution in [2.24, 2.45) is 4.99 Å². The molecule has 0 radical (unpaired) electrons. The Morgan fingerprint density at radius 3 is 2.80 bits per heavy atom. The number of rotatable bonds is 4. The largest absolute Gasteiger partial charge is 0.423 e. The third kappa shape index (κ3) is 4.84. The number of esters is 1. The van der Waals surface area contributed by atoms with Gasteiger partial charge >= 0.3 is 5.97 Å². The number of halogens is 1. The summed E-state index contributed by atoms with van der Waals surface area (Å²) in [5.74, 6) is 0.0606. The van der Waals surface area contributed by atoms with Crippen LogP contribution in [-0.2, 0) is 0 Å². The molecular formula is C20H15BrN2O2. The zero-order chi connectivity index (χ0) is 17.6. The minimum Gasteiger partial charge on any atom is -0.423 e. The fourth-order valence-corrected chi connectivity index (χ4v) is 2.72. The van der Waals surface area contributed by atoms with E-state index < -0.39 is 5.97 Å². The summed E-state index contributed by atoms with van der Waals surface area (Å²) in [7, 11) is 0. The lowest BCUT2D eigenvalue weighted by molar-refractivity contribution is 0.0734. The molecule has 0 fully saturated rings. The number of hydrogen-bond acceptors (Lipinski definition) is 4. The van der Waals surface area contributed by atoms with E-state index in [2.05, 4.69) is 25.9 Å². The molecule has 0 aliphatic rings. The van der Waals surface area contributed by atoms with Crippen LogP contribution < -0.4 is 4.74 Å². The fraction of sp³-hybridized carbons (Fsp3) is 0.0500. The van der Waals surface area contributed by atoms with Gasteiger partial charge in [-0.25, -0.2) is 4.79 Å². The molecule has 0 spiro atoms. The Balaban J connectivity index is 1.79. The number of ether oxygens (including phenoxy) is 1. The second kappa shape index (κ2) is 7.85. The van der Waals surface area contributed by atoms with E-state index in [0.29, 0.717) is 11.3 Å². The minimum atomic E-state index is -0.392. The highest BCUT2D eigenvalue weighted by molar-refractivity contribution is 9.10. The molecule has 0 saturated carbocycles. The summed E-state index contributed by atoms with van der Waals surface area (Å²) in [6.07, 6.45) is 5.07.